The first kappa shape index (κ1) is 17.3. The average molecular weight is 324 g/mol. The van der Waals surface area contributed by atoms with Gasteiger partial charge in [0.2, 0.25) is 0 Å². The van der Waals surface area contributed by atoms with Gasteiger partial charge in [0.25, 0.3) is 0 Å². The molecular formula is C23H33N. The molecule has 130 valence electrons. The topological polar surface area (TPSA) is 3.24 Å². The molecule has 1 heteroatoms. The molecule has 1 nitrogen and oxygen atoms in total. The highest BCUT2D eigenvalue weighted by molar-refractivity contribution is 6.01. The summed E-state index contributed by atoms with van der Waals surface area (Å²) < 4.78 is 0. The molecule has 0 spiro atoms. The van der Waals surface area contributed by atoms with Crippen molar-refractivity contribution >= 4 is 16.5 Å². The van der Waals surface area contributed by atoms with Gasteiger partial charge in [-0.25, -0.2) is 0 Å². The summed E-state index contributed by atoms with van der Waals surface area (Å²) in [6.07, 6.45) is 0. The zero-order valence-electron chi connectivity index (χ0n) is 17.4. The first-order chi connectivity index (χ1) is 10.9. The van der Waals surface area contributed by atoms with E-state index in [4.69, 9.17) is 0 Å². The average Bonchev–Trinajstić information content (AvgIpc) is 2.64. The summed E-state index contributed by atoms with van der Waals surface area (Å²) in [5.74, 6) is 0. The Balaban J connectivity index is 2.65. The number of nitrogens with zero attached hydrogens (tertiary/aromatic N) is 1. The Morgan fingerprint density at radius 3 is 1.46 bits per heavy atom. The van der Waals surface area contributed by atoms with E-state index in [1.165, 1.54) is 49.8 Å². The van der Waals surface area contributed by atoms with Crippen molar-refractivity contribution in [3.63, 3.8) is 0 Å². The predicted molar refractivity (Wildman–Crippen MR) is 108 cm³/mol. The van der Waals surface area contributed by atoms with E-state index in [1.807, 2.05) is 0 Å². The van der Waals surface area contributed by atoms with Crippen LogP contribution >= 0.6 is 0 Å². The molecule has 0 aliphatic carbocycles. The molecule has 0 radical (unpaired) electrons. The SMILES string of the molecule is Cc1c(C)c(C)c2c(C)c3c(c(C)c2c1C)N(C)C(C)(C)C3(C)C. The van der Waals surface area contributed by atoms with Crippen molar-refractivity contribution in [3.8, 4) is 0 Å². The fraction of sp³-hybridized carbons (Fsp3) is 0.565. The lowest BCUT2D eigenvalue weighted by atomic mass is 9.70. The van der Waals surface area contributed by atoms with Gasteiger partial charge in [0, 0.05) is 23.7 Å². The van der Waals surface area contributed by atoms with Crippen LogP contribution in [-0.4, -0.2) is 12.6 Å². The van der Waals surface area contributed by atoms with E-state index in [9.17, 15) is 0 Å². The van der Waals surface area contributed by atoms with Crippen LogP contribution in [-0.2, 0) is 5.41 Å². The molecule has 0 bridgehead atoms. The van der Waals surface area contributed by atoms with Gasteiger partial charge in [-0.15, -0.1) is 0 Å². The Hall–Kier alpha value is -1.50. The van der Waals surface area contributed by atoms with Crippen molar-refractivity contribution in [2.45, 2.75) is 80.2 Å². The Bertz CT molecular complexity index is 882. The first-order valence-corrected chi connectivity index (χ1v) is 9.14. The number of aryl methyl sites for hydroxylation is 4. The summed E-state index contributed by atoms with van der Waals surface area (Å²) >= 11 is 0. The maximum Gasteiger partial charge on any atom is 0.0446 e. The monoisotopic (exact) mass is 323 g/mol. The molecule has 1 aliphatic rings. The van der Waals surface area contributed by atoms with Gasteiger partial charge in [-0.05, 0) is 105 Å². The minimum atomic E-state index is 0.105. The quantitative estimate of drug-likeness (QED) is 0.558. The van der Waals surface area contributed by atoms with Gasteiger partial charge in [-0.3, -0.25) is 0 Å². The molecule has 0 amide bonds. The van der Waals surface area contributed by atoms with Crippen LogP contribution in [0.2, 0.25) is 0 Å². The predicted octanol–water partition coefficient (Wildman–Crippen LogP) is 6.20. The third-order valence-corrected chi connectivity index (χ3v) is 7.73. The van der Waals surface area contributed by atoms with Crippen molar-refractivity contribution in [1.29, 1.82) is 0 Å². The minimum Gasteiger partial charge on any atom is -0.368 e. The van der Waals surface area contributed by atoms with E-state index < -0.39 is 0 Å². The fourth-order valence-electron chi connectivity index (χ4n) is 5.05. The molecule has 0 aromatic heterocycles. The molecule has 3 rings (SSSR count). The maximum atomic E-state index is 2.52. The van der Waals surface area contributed by atoms with E-state index in [0.717, 1.165) is 0 Å². The number of likely N-dealkylation sites (N-methyl/N-ethyl adjacent to an activating group) is 1. The van der Waals surface area contributed by atoms with Gasteiger partial charge in [0.15, 0.2) is 0 Å². The van der Waals surface area contributed by atoms with Crippen LogP contribution in [0.25, 0.3) is 10.8 Å². The molecule has 1 aliphatic heterocycles. The Kier molecular flexibility index (Phi) is 3.45. The Labute approximate surface area is 148 Å². The highest BCUT2D eigenvalue weighted by Gasteiger charge is 2.51. The zero-order valence-corrected chi connectivity index (χ0v) is 17.4. The Morgan fingerprint density at radius 1 is 0.583 bits per heavy atom. The molecule has 2 aromatic rings. The van der Waals surface area contributed by atoms with Gasteiger partial charge in [0.1, 0.15) is 0 Å². The number of hydrogen-bond donors (Lipinski definition) is 0. The smallest absolute Gasteiger partial charge is 0.0446 e. The largest absolute Gasteiger partial charge is 0.368 e. The summed E-state index contributed by atoms with van der Waals surface area (Å²) in [7, 11) is 2.27. The molecular weight excluding hydrogens is 290 g/mol. The third kappa shape index (κ3) is 1.71. The Morgan fingerprint density at radius 2 is 1.00 bits per heavy atom. The van der Waals surface area contributed by atoms with Crippen LogP contribution in [0.5, 0.6) is 0 Å². The summed E-state index contributed by atoms with van der Waals surface area (Å²) in [6.45, 7) is 23.4. The molecule has 24 heavy (non-hydrogen) atoms. The van der Waals surface area contributed by atoms with Crippen LogP contribution in [0.15, 0.2) is 0 Å². The molecule has 0 saturated carbocycles. The third-order valence-electron chi connectivity index (χ3n) is 7.73. The zero-order chi connectivity index (χ0) is 18.4. The molecule has 0 unspecified atom stereocenters. The van der Waals surface area contributed by atoms with E-state index in [1.54, 1.807) is 5.56 Å². The number of fused-ring (bicyclic) bond motifs is 2. The second-order valence-corrected chi connectivity index (χ2v) is 8.97. The number of benzene rings is 2. The summed E-state index contributed by atoms with van der Waals surface area (Å²) in [6, 6.07) is 0. The van der Waals surface area contributed by atoms with Crippen LogP contribution in [0.4, 0.5) is 5.69 Å². The van der Waals surface area contributed by atoms with Crippen LogP contribution in [0.3, 0.4) is 0 Å². The summed E-state index contributed by atoms with van der Waals surface area (Å²) in [4.78, 5) is 2.52. The van der Waals surface area contributed by atoms with Gasteiger partial charge in [0.05, 0.1) is 0 Å². The molecule has 1 heterocycles. The van der Waals surface area contributed by atoms with Gasteiger partial charge in [-0.2, -0.15) is 0 Å². The fourth-order valence-corrected chi connectivity index (χ4v) is 5.05. The van der Waals surface area contributed by atoms with E-state index in [0.29, 0.717) is 0 Å². The number of anilines is 1. The minimum absolute atomic E-state index is 0.105. The van der Waals surface area contributed by atoms with E-state index in [2.05, 4.69) is 81.2 Å². The lowest BCUT2D eigenvalue weighted by molar-refractivity contribution is 0.321. The second-order valence-electron chi connectivity index (χ2n) is 8.97. The highest BCUT2D eigenvalue weighted by atomic mass is 15.2. The lowest BCUT2D eigenvalue weighted by Crippen LogP contribution is -2.49. The molecule has 2 aromatic carbocycles. The van der Waals surface area contributed by atoms with E-state index >= 15 is 0 Å². The van der Waals surface area contributed by atoms with Crippen molar-refractivity contribution in [3.05, 3.63) is 38.9 Å². The maximum absolute atomic E-state index is 2.52. The van der Waals surface area contributed by atoms with Crippen molar-refractivity contribution in [2.24, 2.45) is 0 Å². The van der Waals surface area contributed by atoms with Gasteiger partial charge >= 0.3 is 0 Å². The number of rotatable bonds is 0. The first-order valence-electron chi connectivity index (χ1n) is 9.14. The summed E-state index contributed by atoms with van der Waals surface area (Å²) in [5.41, 5.74) is 12.0. The van der Waals surface area contributed by atoms with Crippen LogP contribution < -0.4 is 4.90 Å². The lowest BCUT2D eigenvalue weighted by Gasteiger charge is -2.41. The van der Waals surface area contributed by atoms with Crippen LogP contribution in [0, 0.1) is 41.5 Å². The van der Waals surface area contributed by atoms with Crippen molar-refractivity contribution in [2.75, 3.05) is 11.9 Å². The second kappa shape index (κ2) is 4.77. The van der Waals surface area contributed by atoms with Crippen LogP contribution in [0.1, 0.15) is 66.6 Å². The molecule has 0 saturated heterocycles. The molecule has 0 atom stereocenters. The summed E-state index contributed by atoms with van der Waals surface area (Å²) in [5, 5.41) is 2.97. The normalized spacial score (nSPS) is 18.4. The molecule has 0 fully saturated rings. The van der Waals surface area contributed by atoms with Crippen molar-refractivity contribution in [1.82, 2.24) is 0 Å². The molecule has 0 N–H and O–H groups in total. The van der Waals surface area contributed by atoms with E-state index in [-0.39, 0.29) is 11.0 Å². The standard InChI is InChI=1S/C23H33N/c1-12-13(2)15(4)19-17(6)21-20(16(5)18(19)14(12)3)22(7,8)23(9,10)24(21)11/h1-11H3. The highest BCUT2D eigenvalue weighted by Crippen LogP contribution is 2.55. The van der Waals surface area contributed by atoms with Gasteiger partial charge in [-0.1, -0.05) is 13.8 Å². The van der Waals surface area contributed by atoms with Crippen molar-refractivity contribution < 1.29 is 0 Å². The number of hydrogen-bond acceptors (Lipinski definition) is 1. The van der Waals surface area contributed by atoms with Gasteiger partial charge < -0.3 is 4.90 Å².